The highest BCUT2D eigenvalue weighted by molar-refractivity contribution is 8.02. The number of aromatic nitrogens is 2. The van der Waals surface area contributed by atoms with Gasteiger partial charge in [-0.2, -0.15) is 0 Å². The van der Waals surface area contributed by atoms with Gasteiger partial charge in [0, 0.05) is 13.1 Å². The van der Waals surface area contributed by atoms with Crippen LogP contribution in [-0.4, -0.2) is 38.9 Å². The molecule has 1 aliphatic rings. The van der Waals surface area contributed by atoms with E-state index in [1.165, 1.54) is 29.5 Å². The first kappa shape index (κ1) is 18.6. The standard InChI is InChI=1S/C18H23N3OS3/c1-12-9-13(2)11-20(10-12)16(22)14(3)24-17-19-21(18(23)25-17)15-7-5-4-6-8-15/h4-8,12-14H,9-11H2,1-3H3. The van der Waals surface area contributed by atoms with E-state index in [9.17, 15) is 4.79 Å². The first-order valence-corrected chi connectivity index (χ1v) is 10.7. The summed E-state index contributed by atoms with van der Waals surface area (Å²) in [5, 5.41) is 4.45. The fraction of sp³-hybridized carbons (Fsp3) is 0.500. The summed E-state index contributed by atoms with van der Waals surface area (Å²) in [6, 6.07) is 9.86. The summed E-state index contributed by atoms with van der Waals surface area (Å²) in [4.78, 5) is 14.8. The van der Waals surface area contributed by atoms with Crippen LogP contribution in [0.1, 0.15) is 27.2 Å². The van der Waals surface area contributed by atoms with E-state index >= 15 is 0 Å². The van der Waals surface area contributed by atoms with Crippen molar-refractivity contribution in [2.75, 3.05) is 13.1 Å². The molecule has 25 heavy (non-hydrogen) atoms. The summed E-state index contributed by atoms with van der Waals surface area (Å²) < 4.78 is 3.31. The van der Waals surface area contributed by atoms with Crippen LogP contribution in [0, 0.1) is 15.8 Å². The molecule has 1 aliphatic heterocycles. The molecule has 0 bridgehead atoms. The topological polar surface area (TPSA) is 38.1 Å². The third-order valence-corrected chi connectivity index (χ3v) is 6.74. The molecule has 0 spiro atoms. The van der Waals surface area contributed by atoms with Gasteiger partial charge in [-0.25, -0.2) is 4.68 Å². The third-order valence-electron chi connectivity index (χ3n) is 4.34. The van der Waals surface area contributed by atoms with E-state index in [1.807, 2.05) is 42.2 Å². The Bertz CT molecular complexity index is 776. The van der Waals surface area contributed by atoms with Crippen LogP contribution in [0.15, 0.2) is 34.7 Å². The van der Waals surface area contributed by atoms with Gasteiger partial charge in [-0.15, -0.1) is 5.10 Å². The van der Waals surface area contributed by atoms with Crippen LogP contribution in [0.5, 0.6) is 0 Å². The normalized spacial score (nSPS) is 22.0. The van der Waals surface area contributed by atoms with Crippen LogP contribution in [0.3, 0.4) is 0 Å². The Balaban J connectivity index is 1.70. The molecule has 1 saturated heterocycles. The summed E-state index contributed by atoms with van der Waals surface area (Å²) in [6.45, 7) is 8.14. The molecule has 1 fully saturated rings. The van der Waals surface area contributed by atoms with E-state index in [4.69, 9.17) is 12.2 Å². The molecular formula is C18H23N3OS3. The lowest BCUT2D eigenvalue weighted by molar-refractivity contribution is -0.132. The van der Waals surface area contributed by atoms with Gasteiger partial charge >= 0.3 is 0 Å². The molecule has 0 radical (unpaired) electrons. The Labute approximate surface area is 162 Å². The maximum Gasteiger partial charge on any atom is 0.235 e. The lowest BCUT2D eigenvalue weighted by Gasteiger charge is -2.36. The van der Waals surface area contributed by atoms with Crippen molar-refractivity contribution in [3.8, 4) is 5.69 Å². The van der Waals surface area contributed by atoms with Gasteiger partial charge in [-0.1, -0.05) is 55.1 Å². The molecule has 1 aromatic heterocycles. The highest BCUT2D eigenvalue weighted by Crippen LogP contribution is 2.30. The average Bonchev–Trinajstić information content (AvgIpc) is 2.94. The first-order valence-electron chi connectivity index (χ1n) is 8.55. The number of hydrogen-bond donors (Lipinski definition) is 0. The molecule has 1 aromatic carbocycles. The van der Waals surface area contributed by atoms with Crippen molar-refractivity contribution in [2.45, 2.75) is 36.8 Å². The van der Waals surface area contributed by atoms with Gasteiger partial charge in [-0.05, 0) is 49.5 Å². The zero-order valence-corrected chi connectivity index (χ0v) is 17.2. The van der Waals surface area contributed by atoms with Crippen LogP contribution in [0.4, 0.5) is 0 Å². The van der Waals surface area contributed by atoms with E-state index in [0.717, 1.165) is 23.1 Å². The highest BCUT2D eigenvalue weighted by atomic mass is 32.2. The van der Waals surface area contributed by atoms with Gasteiger partial charge in [0.05, 0.1) is 10.9 Å². The monoisotopic (exact) mass is 393 g/mol. The van der Waals surface area contributed by atoms with Crippen LogP contribution in [0.2, 0.25) is 0 Å². The maximum atomic E-state index is 12.8. The number of amides is 1. The van der Waals surface area contributed by atoms with Gasteiger partial charge in [0.25, 0.3) is 0 Å². The van der Waals surface area contributed by atoms with Crippen LogP contribution < -0.4 is 0 Å². The number of hydrogen-bond acceptors (Lipinski definition) is 5. The third kappa shape index (κ3) is 4.51. The van der Waals surface area contributed by atoms with Crippen molar-refractivity contribution in [2.24, 2.45) is 11.8 Å². The van der Waals surface area contributed by atoms with E-state index in [0.29, 0.717) is 15.8 Å². The molecule has 2 aromatic rings. The van der Waals surface area contributed by atoms with Crippen molar-refractivity contribution in [3.05, 3.63) is 34.3 Å². The molecule has 0 aliphatic carbocycles. The second kappa shape index (κ2) is 8.01. The molecular weight excluding hydrogens is 370 g/mol. The molecule has 3 unspecified atom stereocenters. The second-order valence-corrected chi connectivity index (χ2v) is 10.0. The quantitative estimate of drug-likeness (QED) is 0.560. The Kier molecular flexibility index (Phi) is 5.96. The number of benzene rings is 1. The van der Waals surface area contributed by atoms with Crippen molar-refractivity contribution in [1.82, 2.24) is 14.7 Å². The zero-order valence-electron chi connectivity index (χ0n) is 14.7. The molecule has 7 heteroatoms. The van der Waals surface area contributed by atoms with Crippen molar-refractivity contribution in [3.63, 3.8) is 0 Å². The van der Waals surface area contributed by atoms with E-state index in [1.54, 1.807) is 4.68 Å². The molecule has 2 heterocycles. The Morgan fingerprint density at radius 2 is 1.92 bits per heavy atom. The lowest BCUT2D eigenvalue weighted by atomic mass is 9.92. The van der Waals surface area contributed by atoms with Crippen molar-refractivity contribution < 1.29 is 4.79 Å². The molecule has 134 valence electrons. The number of thioether (sulfide) groups is 1. The summed E-state index contributed by atoms with van der Waals surface area (Å²) in [5.74, 6) is 1.35. The first-order chi connectivity index (χ1) is 11.9. The second-order valence-electron chi connectivity index (χ2n) is 6.83. The van der Waals surface area contributed by atoms with Crippen LogP contribution in [0.25, 0.3) is 5.69 Å². The minimum absolute atomic E-state index is 0.151. The van der Waals surface area contributed by atoms with Crippen LogP contribution >= 0.6 is 35.3 Å². The zero-order chi connectivity index (χ0) is 18.0. The molecule has 3 rings (SSSR count). The number of nitrogens with zero attached hydrogens (tertiary/aromatic N) is 3. The predicted octanol–water partition coefficient (Wildman–Crippen LogP) is 4.65. The summed E-state index contributed by atoms with van der Waals surface area (Å²) >= 11 is 8.41. The van der Waals surface area contributed by atoms with Gasteiger partial charge in [-0.3, -0.25) is 4.79 Å². The number of likely N-dealkylation sites (tertiary alicyclic amines) is 1. The molecule has 1 amide bonds. The predicted molar refractivity (Wildman–Crippen MR) is 107 cm³/mol. The van der Waals surface area contributed by atoms with Gasteiger partial charge in [0.2, 0.25) is 5.91 Å². The summed E-state index contributed by atoms with van der Waals surface area (Å²) in [6.07, 6.45) is 1.20. The Morgan fingerprint density at radius 3 is 2.56 bits per heavy atom. The smallest absolute Gasteiger partial charge is 0.235 e. The van der Waals surface area contributed by atoms with Crippen LogP contribution in [-0.2, 0) is 4.79 Å². The number of rotatable bonds is 4. The lowest BCUT2D eigenvalue weighted by Crippen LogP contribution is -2.45. The minimum Gasteiger partial charge on any atom is -0.341 e. The molecule has 0 saturated carbocycles. The SMILES string of the molecule is CC1CC(C)CN(C(=O)C(C)Sc2nn(-c3ccccc3)c(=S)s2)C1. The number of carbonyl (C=O) groups is 1. The molecule has 3 atom stereocenters. The summed E-state index contributed by atoms with van der Waals surface area (Å²) in [5.41, 5.74) is 0.952. The number of para-hydroxylation sites is 1. The van der Waals surface area contributed by atoms with E-state index in [-0.39, 0.29) is 11.2 Å². The molecule has 4 nitrogen and oxygen atoms in total. The minimum atomic E-state index is -0.151. The fourth-order valence-corrected chi connectivity index (χ4v) is 5.93. The summed E-state index contributed by atoms with van der Waals surface area (Å²) in [7, 11) is 0. The van der Waals surface area contributed by atoms with Gasteiger partial charge in [0.15, 0.2) is 8.29 Å². The maximum absolute atomic E-state index is 12.8. The van der Waals surface area contributed by atoms with Crippen molar-refractivity contribution in [1.29, 1.82) is 0 Å². The largest absolute Gasteiger partial charge is 0.341 e. The molecule has 0 N–H and O–H groups in total. The fourth-order valence-electron chi connectivity index (χ4n) is 3.34. The Morgan fingerprint density at radius 1 is 1.28 bits per heavy atom. The van der Waals surface area contributed by atoms with Gasteiger partial charge < -0.3 is 4.90 Å². The Hall–Kier alpha value is -1.18. The van der Waals surface area contributed by atoms with E-state index in [2.05, 4.69) is 18.9 Å². The highest BCUT2D eigenvalue weighted by Gasteiger charge is 2.29. The van der Waals surface area contributed by atoms with E-state index < -0.39 is 0 Å². The number of carbonyl (C=O) groups excluding carboxylic acids is 1. The van der Waals surface area contributed by atoms with Gasteiger partial charge in [0.1, 0.15) is 0 Å². The van der Waals surface area contributed by atoms with Crippen molar-refractivity contribution >= 4 is 41.2 Å². The average molecular weight is 394 g/mol. The number of piperidine rings is 1.